The summed E-state index contributed by atoms with van der Waals surface area (Å²) in [7, 11) is 0. The molecule has 0 N–H and O–H groups in total. The van der Waals surface area contributed by atoms with Crippen LogP contribution in [0, 0.1) is 0 Å². The molecule has 0 aliphatic heterocycles. The van der Waals surface area contributed by atoms with E-state index in [4.69, 9.17) is 4.74 Å². The van der Waals surface area contributed by atoms with Crippen molar-refractivity contribution in [3.8, 4) is 5.75 Å². The van der Waals surface area contributed by atoms with Crippen molar-refractivity contribution in [3.05, 3.63) is 42.0 Å². The van der Waals surface area contributed by atoms with E-state index < -0.39 is 0 Å². The van der Waals surface area contributed by atoms with Gasteiger partial charge in [0.25, 0.3) is 0 Å². The van der Waals surface area contributed by atoms with Crippen molar-refractivity contribution in [3.63, 3.8) is 0 Å². The molecular weight excluding hydrogens is 284 g/mol. The van der Waals surface area contributed by atoms with Crippen LogP contribution in [-0.2, 0) is 0 Å². The Hall–Kier alpha value is -1.57. The molecule has 1 aromatic rings. The van der Waals surface area contributed by atoms with Crippen LogP contribution in [0.3, 0.4) is 0 Å². The molecule has 0 heterocycles. The van der Waals surface area contributed by atoms with Crippen molar-refractivity contribution >= 4 is 5.78 Å². The van der Waals surface area contributed by atoms with Gasteiger partial charge in [0.1, 0.15) is 5.75 Å². The van der Waals surface area contributed by atoms with Gasteiger partial charge in [0.2, 0.25) is 0 Å². The van der Waals surface area contributed by atoms with Crippen LogP contribution in [0.5, 0.6) is 5.75 Å². The zero-order valence-corrected chi connectivity index (χ0v) is 14.1. The zero-order valence-electron chi connectivity index (χ0n) is 14.1. The summed E-state index contributed by atoms with van der Waals surface area (Å²) >= 11 is 0. The second-order valence-electron chi connectivity index (χ2n) is 5.76. The van der Waals surface area contributed by atoms with Crippen LogP contribution in [0.2, 0.25) is 0 Å². The zero-order chi connectivity index (χ0) is 16.0. The quantitative estimate of drug-likeness (QED) is 0.246. The maximum Gasteiger partial charge on any atom is 0.159 e. The van der Waals surface area contributed by atoms with Gasteiger partial charge in [-0.25, -0.2) is 0 Å². The molecule has 0 radical (unpaired) electrons. The van der Waals surface area contributed by atoms with Crippen LogP contribution in [0.15, 0.2) is 36.4 Å². The number of ketones is 1. The molecule has 0 aromatic heterocycles. The van der Waals surface area contributed by atoms with Gasteiger partial charge in [0.05, 0.1) is 6.61 Å². The molecule has 0 spiro atoms. The Kier molecular flexibility index (Phi) is 13.1. The van der Waals surface area contributed by atoms with E-state index in [0.717, 1.165) is 24.3 Å². The Labute approximate surface area is 142 Å². The van der Waals surface area contributed by atoms with E-state index >= 15 is 0 Å². The number of Topliss-reactive ketones (excluding diaryl/α,β-unsaturated/α-hetero) is 1. The van der Waals surface area contributed by atoms with Gasteiger partial charge >= 0.3 is 0 Å². The number of allylic oxidation sites excluding steroid dienone is 2. The van der Waals surface area contributed by atoms with Crippen LogP contribution < -0.4 is 4.74 Å². The SMILES string of the molecule is C.C/C=C\CCCCCCCCCOc1ccc(C(C)=O)cc1. The predicted molar refractivity (Wildman–Crippen MR) is 100 cm³/mol. The Morgan fingerprint density at radius 2 is 1.52 bits per heavy atom. The van der Waals surface area contributed by atoms with Gasteiger partial charge in [0.15, 0.2) is 5.78 Å². The van der Waals surface area contributed by atoms with E-state index in [1.807, 2.05) is 24.3 Å². The molecule has 0 amide bonds. The van der Waals surface area contributed by atoms with Crippen molar-refractivity contribution < 1.29 is 9.53 Å². The summed E-state index contributed by atoms with van der Waals surface area (Å²) in [4.78, 5) is 11.2. The monoisotopic (exact) mass is 318 g/mol. The molecule has 0 aliphatic carbocycles. The van der Waals surface area contributed by atoms with Crippen molar-refractivity contribution in [1.82, 2.24) is 0 Å². The number of benzene rings is 1. The first kappa shape index (κ1) is 21.4. The van der Waals surface area contributed by atoms with Crippen molar-refractivity contribution in [2.24, 2.45) is 0 Å². The average Bonchev–Trinajstić information content (AvgIpc) is 2.53. The second kappa shape index (κ2) is 14.0. The van der Waals surface area contributed by atoms with E-state index in [-0.39, 0.29) is 13.2 Å². The van der Waals surface area contributed by atoms with Crippen molar-refractivity contribution in [2.45, 2.75) is 72.6 Å². The van der Waals surface area contributed by atoms with Gasteiger partial charge in [-0.05, 0) is 57.4 Å². The molecule has 1 rings (SSSR count). The average molecular weight is 319 g/mol. The fraction of sp³-hybridized carbons (Fsp3) is 0.571. The smallest absolute Gasteiger partial charge is 0.159 e. The molecule has 0 bridgehead atoms. The number of unbranched alkanes of at least 4 members (excludes halogenated alkanes) is 7. The summed E-state index contributed by atoms with van der Waals surface area (Å²) in [5.41, 5.74) is 0.738. The second-order valence-corrected chi connectivity index (χ2v) is 5.76. The molecule has 0 saturated heterocycles. The summed E-state index contributed by atoms with van der Waals surface area (Å²) in [6, 6.07) is 7.40. The number of rotatable bonds is 12. The molecule has 2 nitrogen and oxygen atoms in total. The Morgan fingerprint density at radius 3 is 2.09 bits per heavy atom. The van der Waals surface area contributed by atoms with Gasteiger partial charge < -0.3 is 4.74 Å². The Bertz CT molecular complexity index is 432. The summed E-state index contributed by atoms with van der Waals surface area (Å²) in [6.45, 7) is 4.43. The van der Waals surface area contributed by atoms with E-state index in [0.29, 0.717) is 0 Å². The lowest BCUT2D eigenvalue weighted by Crippen LogP contribution is -1.98. The number of hydrogen-bond acceptors (Lipinski definition) is 2. The fourth-order valence-corrected chi connectivity index (χ4v) is 2.39. The first-order chi connectivity index (χ1) is 10.7. The Balaban J connectivity index is 0.00000484. The topological polar surface area (TPSA) is 26.3 Å². The fourth-order valence-electron chi connectivity index (χ4n) is 2.39. The predicted octanol–water partition coefficient (Wildman–Crippen LogP) is 6.60. The van der Waals surface area contributed by atoms with Gasteiger partial charge in [-0.2, -0.15) is 0 Å². The number of ether oxygens (including phenoxy) is 1. The van der Waals surface area contributed by atoms with Gasteiger partial charge in [-0.15, -0.1) is 0 Å². The van der Waals surface area contributed by atoms with E-state index in [1.54, 1.807) is 6.92 Å². The van der Waals surface area contributed by atoms with E-state index in [1.165, 1.54) is 44.9 Å². The molecule has 23 heavy (non-hydrogen) atoms. The summed E-state index contributed by atoms with van der Waals surface area (Å²) in [5.74, 6) is 0.950. The minimum Gasteiger partial charge on any atom is -0.494 e. The van der Waals surface area contributed by atoms with E-state index in [9.17, 15) is 4.79 Å². The molecule has 130 valence electrons. The van der Waals surface area contributed by atoms with Crippen molar-refractivity contribution in [1.29, 1.82) is 0 Å². The van der Waals surface area contributed by atoms with Crippen LogP contribution in [0.25, 0.3) is 0 Å². The summed E-state index contributed by atoms with van der Waals surface area (Å²) in [6.07, 6.45) is 14.6. The van der Waals surface area contributed by atoms with E-state index in [2.05, 4.69) is 19.1 Å². The molecule has 0 fully saturated rings. The highest BCUT2D eigenvalue weighted by Crippen LogP contribution is 2.14. The molecule has 1 aromatic carbocycles. The molecule has 0 aliphatic rings. The molecular formula is C21H34O2. The van der Waals surface area contributed by atoms with Crippen LogP contribution in [-0.4, -0.2) is 12.4 Å². The lowest BCUT2D eigenvalue weighted by atomic mass is 10.1. The molecule has 0 atom stereocenters. The maximum absolute atomic E-state index is 11.2. The summed E-state index contributed by atoms with van der Waals surface area (Å²) in [5, 5.41) is 0. The highest BCUT2D eigenvalue weighted by Gasteiger charge is 1.99. The normalized spacial score (nSPS) is 10.5. The highest BCUT2D eigenvalue weighted by atomic mass is 16.5. The molecule has 0 unspecified atom stereocenters. The first-order valence-corrected chi connectivity index (χ1v) is 8.59. The van der Waals surface area contributed by atoms with Crippen molar-refractivity contribution in [2.75, 3.05) is 6.61 Å². The highest BCUT2D eigenvalue weighted by molar-refractivity contribution is 5.94. The number of carbonyl (C=O) groups excluding carboxylic acids is 1. The minimum absolute atomic E-state index is 0. The third kappa shape index (κ3) is 10.7. The number of carbonyl (C=O) groups is 1. The number of hydrogen-bond donors (Lipinski definition) is 0. The largest absolute Gasteiger partial charge is 0.494 e. The Morgan fingerprint density at radius 1 is 0.957 bits per heavy atom. The third-order valence-corrected chi connectivity index (χ3v) is 3.78. The lowest BCUT2D eigenvalue weighted by Gasteiger charge is -2.06. The maximum atomic E-state index is 11.2. The summed E-state index contributed by atoms with van der Waals surface area (Å²) < 4.78 is 5.69. The third-order valence-electron chi connectivity index (χ3n) is 3.78. The van der Waals surface area contributed by atoms with Gasteiger partial charge in [-0.3, -0.25) is 4.79 Å². The molecule has 0 saturated carbocycles. The molecule has 2 heteroatoms. The lowest BCUT2D eigenvalue weighted by molar-refractivity contribution is 0.101. The standard InChI is InChI=1S/C20H30O2.CH4/c1-3-4-5-6-7-8-9-10-11-12-17-22-20-15-13-19(14-16-20)18(2)21;/h3-4,13-16H,5-12,17H2,1-2H3;1H4/b4-3-;. The van der Waals surface area contributed by atoms with Crippen LogP contribution in [0.1, 0.15) is 83.0 Å². The van der Waals surface area contributed by atoms with Gasteiger partial charge in [-0.1, -0.05) is 51.7 Å². The minimum atomic E-state index is 0. The first-order valence-electron chi connectivity index (χ1n) is 8.59. The van der Waals surface area contributed by atoms with Gasteiger partial charge in [0, 0.05) is 5.56 Å². The van der Waals surface area contributed by atoms with Crippen LogP contribution in [0.4, 0.5) is 0 Å². The van der Waals surface area contributed by atoms with Crippen LogP contribution >= 0.6 is 0 Å².